The molecule has 0 aromatic carbocycles. The van der Waals surface area contributed by atoms with Gasteiger partial charge in [0, 0.05) is 38.6 Å². The second-order valence-corrected chi connectivity index (χ2v) is 7.05. The number of pyridine rings is 1. The minimum absolute atomic E-state index is 0.0427. The third-order valence-corrected chi connectivity index (χ3v) is 5.00. The quantitative estimate of drug-likeness (QED) is 0.836. The lowest BCUT2D eigenvalue weighted by molar-refractivity contribution is -0.0299. The summed E-state index contributed by atoms with van der Waals surface area (Å²) in [7, 11) is 0. The summed E-state index contributed by atoms with van der Waals surface area (Å²) in [6.45, 7) is 6.36. The van der Waals surface area contributed by atoms with Crippen molar-refractivity contribution in [2.24, 2.45) is 0 Å². The van der Waals surface area contributed by atoms with Crippen molar-refractivity contribution in [3.63, 3.8) is 0 Å². The van der Waals surface area contributed by atoms with Crippen molar-refractivity contribution < 1.29 is 9.53 Å². The second kappa shape index (κ2) is 7.45. The summed E-state index contributed by atoms with van der Waals surface area (Å²) in [5.74, 6) is 0.866. The summed E-state index contributed by atoms with van der Waals surface area (Å²) in [5, 5.41) is 4.32. The Labute approximate surface area is 153 Å². The topological polar surface area (TPSA) is 63.5 Å². The Hall–Kier alpha value is -2.41. The molecule has 0 spiro atoms. The number of rotatable bonds is 4. The van der Waals surface area contributed by atoms with Crippen LogP contribution in [-0.2, 0) is 11.3 Å². The van der Waals surface area contributed by atoms with Gasteiger partial charge in [-0.25, -0.2) is 4.98 Å². The largest absolute Gasteiger partial charge is 0.373 e. The molecule has 1 unspecified atom stereocenters. The van der Waals surface area contributed by atoms with Gasteiger partial charge in [0.05, 0.1) is 31.0 Å². The van der Waals surface area contributed by atoms with Crippen LogP contribution in [0.15, 0.2) is 30.7 Å². The van der Waals surface area contributed by atoms with Crippen LogP contribution >= 0.6 is 0 Å². The van der Waals surface area contributed by atoms with Gasteiger partial charge < -0.3 is 14.5 Å². The predicted octanol–water partition coefficient (Wildman–Crippen LogP) is 1.73. The zero-order chi connectivity index (χ0) is 17.9. The Morgan fingerprint density at radius 2 is 2.15 bits per heavy atom. The lowest BCUT2D eigenvalue weighted by atomic mass is 10.1. The average molecular weight is 355 g/mol. The molecule has 7 nitrogen and oxygen atoms in total. The molecule has 138 valence electrons. The smallest absolute Gasteiger partial charge is 0.257 e. The molecule has 4 rings (SSSR count). The zero-order valence-electron chi connectivity index (χ0n) is 15.2. The van der Waals surface area contributed by atoms with Crippen LogP contribution in [0.2, 0.25) is 0 Å². The lowest BCUT2D eigenvalue weighted by Gasteiger charge is -2.33. The fraction of sp³-hybridized carbons (Fsp3) is 0.526. The van der Waals surface area contributed by atoms with E-state index in [-0.39, 0.29) is 12.0 Å². The number of ether oxygens (including phenoxy) is 1. The number of amides is 1. The van der Waals surface area contributed by atoms with Crippen molar-refractivity contribution in [2.45, 2.75) is 32.4 Å². The van der Waals surface area contributed by atoms with E-state index in [9.17, 15) is 4.79 Å². The average Bonchev–Trinajstić information content (AvgIpc) is 3.33. The van der Waals surface area contributed by atoms with E-state index in [1.54, 1.807) is 6.20 Å². The summed E-state index contributed by atoms with van der Waals surface area (Å²) < 4.78 is 7.74. The van der Waals surface area contributed by atoms with E-state index in [1.165, 1.54) is 0 Å². The third-order valence-electron chi connectivity index (χ3n) is 5.00. The number of hydrogen-bond acceptors (Lipinski definition) is 5. The summed E-state index contributed by atoms with van der Waals surface area (Å²) in [6, 6.07) is 3.74. The van der Waals surface area contributed by atoms with Gasteiger partial charge in [-0.15, -0.1) is 0 Å². The molecular weight excluding hydrogens is 330 g/mol. The summed E-state index contributed by atoms with van der Waals surface area (Å²) in [5.41, 5.74) is 1.82. The van der Waals surface area contributed by atoms with Crippen LogP contribution in [0.4, 0.5) is 5.82 Å². The molecule has 0 radical (unpaired) electrons. The molecule has 0 aliphatic carbocycles. The number of carbonyl (C=O) groups excluding carboxylic acids is 1. The van der Waals surface area contributed by atoms with Crippen molar-refractivity contribution in [1.82, 2.24) is 19.7 Å². The molecule has 1 amide bonds. The van der Waals surface area contributed by atoms with Crippen LogP contribution in [-0.4, -0.2) is 64.5 Å². The van der Waals surface area contributed by atoms with Crippen molar-refractivity contribution in [1.29, 1.82) is 0 Å². The fourth-order valence-electron chi connectivity index (χ4n) is 3.70. The van der Waals surface area contributed by atoms with E-state index in [0.29, 0.717) is 31.8 Å². The van der Waals surface area contributed by atoms with Gasteiger partial charge in [-0.3, -0.25) is 9.48 Å². The van der Waals surface area contributed by atoms with Gasteiger partial charge in [0.2, 0.25) is 0 Å². The maximum Gasteiger partial charge on any atom is 0.257 e. The number of hydrogen-bond donors (Lipinski definition) is 0. The minimum Gasteiger partial charge on any atom is -0.373 e. The first-order chi connectivity index (χ1) is 12.7. The standard InChI is InChI=1S/C19H25N5O2/c1-15-11-21-24(12-15)14-16-13-23(9-10-26-16)19(25)17-5-4-6-20-18(17)22-7-2-3-8-22/h4-6,11-12,16H,2-3,7-10,13-14H2,1H3. The molecule has 4 heterocycles. The highest BCUT2D eigenvalue weighted by atomic mass is 16.5. The molecule has 2 aromatic heterocycles. The molecule has 0 bridgehead atoms. The molecule has 2 fully saturated rings. The number of carbonyl (C=O) groups is 1. The minimum atomic E-state index is -0.0427. The van der Waals surface area contributed by atoms with E-state index >= 15 is 0 Å². The SMILES string of the molecule is Cc1cnn(CC2CN(C(=O)c3cccnc3N3CCCC3)CCO2)c1. The van der Waals surface area contributed by atoms with Crippen LogP contribution in [0.25, 0.3) is 0 Å². The highest BCUT2D eigenvalue weighted by molar-refractivity contribution is 5.99. The van der Waals surface area contributed by atoms with Crippen molar-refractivity contribution >= 4 is 11.7 Å². The van der Waals surface area contributed by atoms with E-state index in [0.717, 1.165) is 37.3 Å². The van der Waals surface area contributed by atoms with Crippen LogP contribution < -0.4 is 4.90 Å². The van der Waals surface area contributed by atoms with E-state index in [2.05, 4.69) is 15.0 Å². The maximum absolute atomic E-state index is 13.2. The molecule has 0 saturated carbocycles. The Morgan fingerprint density at radius 3 is 2.92 bits per heavy atom. The summed E-state index contributed by atoms with van der Waals surface area (Å²) in [6.07, 6.45) is 7.88. The predicted molar refractivity (Wildman–Crippen MR) is 98.3 cm³/mol. The van der Waals surface area contributed by atoms with Crippen LogP contribution in [0, 0.1) is 6.92 Å². The van der Waals surface area contributed by atoms with Gasteiger partial charge in [-0.1, -0.05) is 0 Å². The third kappa shape index (κ3) is 3.58. The summed E-state index contributed by atoms with van der Waals surface area (Å²) >= 11 is 0. The first kappa shape index (κ1) is 17.0. The Balaban J connectivity index is 1.47. The van der Waals surface area contributed by atoms with Gasteiger partial charge in [0.25, 0.3) is 5.91 Å². The second-order valence-electron chi connectivity index (χ2n) is 7.05. The van der Waals surface area contributed by atoms with Gasteiger partial charge >= 0.3 is 0 Å². The maximum atomic E-state index is 13.2. The van der Waals surface area contributed by atoms with E-state index < -0.39 is 0 Å². The normalized spacial score (nSPS) is 20.6. The Morgan fingerprint density at radius 1 is 1.31 bits per heavy atom. The van der Waals surface area contributed by atoms with Crippen molar-refractivity contribution in [2.75, 3.05) is 37.7 Å². The first-order valence-corrected chi connectivity index (χ1v) is 9.30. The molecule has 0 N–H and O–H groups in total. The monoisotopic (exact) mass is 355 g/mol. The Bertz CT molecular complexity index is 769. The lowest BCUT2D eigenvalue weighted by Crippen LogP contribution is -2.47. The zero-order valence-corrected chi connectivity index (χ0v) is 15.2. The van der Waals surface area contributed by atoms with Crippen LogP contribution in [0.3, 0.4) is 0 Å². The molecular formula is C19H25N5O2. The highest BCUT2D eigenvalue weighted by Crippen LogP contribution is 2.24. The fourth-order valence-corrected chi connectivity index (χ4v) is 3.70. The van der Waals surface area contributed by atoms with Gasteiger partial charge in [0.15, 0.2) is 0 Å². The van der Waals surface area contributed by atoms with Gasteiger partial charge in [-0.2, -0.15) is 5.10 Å². The van der Waals surface area contributed by atoms with Gasteiger partial charge in [0.1, 0.15) is 5.82 Å². The highest BCUT2D eigenvalue weighted by Gasteiger charge is 2.28. The number of morpholine rings is 1. The summed E-state index contributed by atoms with van der Waals surface area (Å²) in [4.78, 5) is 21.8. The van der Waals surface area contributed by atoms with E-state index in [4.69, 9.17) is 4.74 Å². The number of aryl methyl sites for hydroxylation is 1. The van der Waals surface area contributed by atoms with Crippen molar-refractivity contribution in [3.8, 4) is 0 Å². The van der Waals surface area contributed by atoms with Crippen LogP contribution in [0.5, 0.6) is 0 Å². The number of nitrogens with zero attached hydrogens (tertiary/aromatic N) is 5. The molecule has 1 atom stereocenters. The molecule has 2 aliphatic heterocycles. The number of anilines is 1. The molecule has 2 aromatic rings. The molecule has 7 heteroatoms. The molecule has 2 aliphatic rings. The molecule has 2 saturated heterocycles. The Kier molecular flexibility index (Phi) is 4.88. The van der Waals surface area contributed by atoms with Gasteiger partial charge in [-0.05, 0) is 37.5 Å². The van der Waals surface area contributed by atoms with E-state index in [1.807, 2.05) is 41.0 Å². The van der Waals surface area contributed by atoms with Crippen LogP contribution in [0.1, 0.15) is 28.8 Å². The first-order valence-electron chi connectivity index (χ1n) is 9.30. The molecule has 26 heavy (non-hydrogen) atoms. The number of aromatic nitrogens is 3. The van der Waals surface area contributed by atoms with Crippen molar-refractivity contribution in [3.05, 3.63) is 41.9 Å².